The summed E-state index contributed by atoms with van der Waals surface area (Å²) in [6.45, 7) is 3.54. The molecule has 2 saturated heterocycles. The maximum absolute atomic E-state index is 13.8. The average Bonchev–Trinajstić information content (AvgIpc) is 2.85. The average molecular weight is 479 g/mol. The number of benzene rings is 2. The molecule has 2 fully saturated rings. The number of carbonyl (C=O) groups is 1. The van der Waals surface area contributed by atoms with E-state index in [1.165, 1.54) is 22.5 Å². The lowest BCUT2D eigenvalue weighted by Crippen LogP contribution is -2.40. The number of rotatable bonds is 7. The van der Waals surface area contributed by atoms with Gasteiger partial charge in [0.15, 0.2) is 0 Å². The lowest BCUT2D eigenvalue weighted by molar-refractivity contribution is -0.114. The van der Waals surface area contributed by atoms with E-state index < -0.39 is 21.7 Å². The van der Waals surface area contributed by atoms with E-state index in [2.05, 4.69) is 15.5 Å². The fourth-order valence-electron chi connectivity index (χ4n) is 3.77. The first-order valence-electron chi connectivity index (χ1n) is 10.8. The Morgan fingerprint density at radius 1 is 0.939 bits per heavy atom. The van der Waals surface area contributed by atoms with Crippen molar-refractivity contribution in [1.82, 2.24) is 4.31 Å². The highest BCUT2D eigenvalue weighted by Gasteiger charge is 2.28. The SMILES string of the molecule is O=C(CNc1cc(S(=O)(=O)N2CCOCC2)ccc1N1CCOCC1)Nc1ccccc1F. The lowest BCUT2D eigenvalue weighted by atomic mass is 10.2. The minimum Gasteiger partial charge on any atom is -0.379 e. The van der Waals surface area contributed by atoms with Crippen molar-refractivity contribution in [3.05, 3.63) is 48.3 Å². The molecule has 33 heavy (non-hydrogen) atoms. The van der Waals surface area contributed by atoms with Crippen LogP contribution in [-0.2, 0) is 24.3 Å². The minimum atomic E-state index is -3.70. The molecule has 2 aromatic rings. The zero-order chi connectivity index (χ0) is 23.3. The highest BCUT2D eigenvalue weighted by Crippen LogP contribution is 2.31. The number of anilines is 3. The van der Waals surface area contributed by atoms with Gasteiger partial charge in [0.2, 0.25) is 15.9 Å². The molecule has 0 aromatic heterocycles. The number of nitrogens with one attached hydrogen (secondary N) is 2. The molecule has 4 rings (SSSR count). The van der Waals surface area contributed by atoms with Gasteiger partial charge in [-0.1, -0.05) is 12.1 Å². The number of halogens is 1. The molecule has 2 aliphatic heterocycles. The van der Waals surface area contributed by atoms with Gasteiger partial charge in [-0.3, -0.25) is 4.79 Å². The van der Waals surface area contributed by atoms with Gasteiger partial charge in [0.25, 0.3) is 0 Å². The first-order valence-corrected chi connectivity index (χ1v) is 12.2. The Bertz CT molecular complexity index is 1090. The summed E-state index contributed by atoms with van der Waals surface area (Å²) < 4.78 is 52.2. The number of hydrogen-bond acceptors (Lipinski definition) is 7. The van der Waals surface area contributed by atoms with E-state index in [1.54, 1.807) is 24.3 Å². The number of carbonyl (C=O) groups excluding carboxylic acids is 1. The van der Waals surface area contributed by atoms with Crippen molar-refractivity contribution < 1.29 is 27.1 Å². The normalized spacial score (nSPS) is 17.5. The van der Waals surface area contributed by atoms with E-state index in [9.17, 15) is 17.6 Å². The number of amides is 1. The van der Waals surface area contributed by atoms with Crippen molar-refractivity contribution in [2.75, 3.05) is 74.7 Å². The van der Waals surface area contributed by atoms with Crippen molar-refractivity contribution in [2.45, 2.75) is 4.90 Å². The molecular formula is C22H27FN4O5S. The molecule has 0 atom stereocenters. The quantitative estimate of drug-likeness (QED) is 0.625. The van der Waals surface area contributed by atoms with Gasteiger partial charge < -0.3 is 25.0 Å². The number of ether oxygens (including phenoxy) is 2. The Balaban J connectivity index is 1.55. The topological polar surface area (TPSA) is 100 Å². The van der Waals surface area contributed by atoms with Crippen LogP contribution < -0.4 is 15.5 Å². The van der Waals surface area contributed by atoms with Crippen molar-refractivity contribution in [1.29, 1.82) is 0 Å². The molecule has 0 aliphatic carbocycles. The second-order valence-electron chi connectivity index (χ2n) is 7.68. The van der Waals surface area contributed by atoms with E-state index in [4.69, 9.17) is 9.47 Å². The van der Waals surface area contributed by atoms with E-state index in [0.717, 1.165) is 5.69 Å². The van der Waals surface area contributed by atoms with Gasteiger partial charge in [-0.25, -0.2) is 12.8 Å². The van der Waals surface area contributed by atoms with E-state index >= 15 is 0 Å². The largest absolute Gasteiger partial charge is 0.379 e. The van der Waals surface area contributed by atoms with Crippen LogP contribution in [0.1, 0.15) is 0 Å². The van der Waals surface area contributed by atoms with E-state index in [0.29, 0.717) is 58.3 Å². The zero-order valence-corrected chi connectivity index (χ0v) is 18.9. The molecule has 2 heterocycles. The maximum Gasteiger partial charge on any atom is 0.243 e. The van der Waals surface area contributed by atoms with Crippen molar-refractivity contribution in [3.8, 4) is 0 Å². The van der Waals surface area contributed by atoms with Gasteiger partial charge in [-0.05, 0) is 30.3 Å². The molecule has 2 aliphatic rings. The Hall–Kier alpha value is -2.73. The van der Waals surface area contributed by atoms with Crippen LogP contribution in [0.15, 0.2) is 47.4 Å². The molecule has 0 saturated carbocycles. The zero-order valence-electron chi connectivity index (χ0n) is 18.1. The van der Waals surface area contributed by atoms with E-state index in [-0.39, 0.29) is 17.1 Å². The third kappa shape index (κ3) is 5.61. The van der Waals surface area contributed by atoms with Gasteiger partial charge >= 0.3 is 0 Å². The fraction of sp³-hybridized carbons (Fsp3) is 0.409. The van der Waals surface area contributed by atoms with Crippen LogP contribution in [-0.4, -0.2) is 77.8 Å². The smallest absolute Gasteiger partial charge is 0.243 e. The molecule has 2 N–H and O–H groups in total. The number of hydrogen-bond donors (Lipinski definition) is 2. The molecule has 0 bridgehead atoms. The molecule has 1 amide bonds. The summed E-state index contributed by atoms with van der Waals surface area (Å²) in [5.74, 6) is -0.979. The van der Waals surface area contributed by atoms with Crippen LogP contribution in [0.2, 0.25) is 0 Å². The first-order chi connectivity index (χ1) is 15.9. The molecule has 178 valence electrons. The van der Waals surface area contributed by atoms with Crippen LogP contribution in [0.4, 0.5) is 21.5 Å². The van der Waals surface area contributed by atoms with Crippen molar-refractivity contribution >= 4 is 33.0 Å². The Kier molecular flexibility index (Phi) is 7.43. The molecule has 0 spiro atoms. The Morgan fingerprint density at radius 3 is 2.30 bits per heavy atom. The van der Waals surface area contributed by atoms with Crippen LogP contribution >= 0.6 is 0 Å². The summed E-state index contributed by atoms with van der Waals surface area (Å²) in [6, 6.07) is 10.8. The second kappa shape index (κ2) is 10.5. The standard InChI is InChI=1S/C22H27FN4O5S/c23-18-3-1-2-4-19(18)25-22(28)16-24-20-15-17(33(29,30)27-9-13-32-14-10-27)5-6-21(20)26-7-11-31-12-8-26/h1-6,15,24H,7-14,16H2,(H,25,28). The molecular weight excluding hydrogens is 451 g/mol. The summed E-state index contributed by atoms with van der Waals surface area (Å²) >= 11 is 0. The van der Waals surface area contributed by atoms with Gasteiger partial charge in [0.1, 0.15) is 5.82 Å². The van der Waals surface area contributed by atoms with Gasteiger partial charge in [-0.2, -0.15) is 4.31 Å². The van der Waals surface area contributed by atoms with Gasteiger partial charge in [0.05, 0.1) is 54.9 Å². The predicted molar refractivity (Wildman–Crippen MR) is 123 cm³/mol. The number of nitrogens with zero attached hydrogens (tertiary/aromatic N) is 2. The molecule has 0 unspecified atom stereocenters. The highest BCUT2D eigenvalue weighted by molar-refractivity contribution is 7.89. The third-order valence-electron chi connectivity index (χ3n) is 5.51. The maximum atomic E-state index is 13.8. The Labute approximate surface area is 192 Å². The monoisotopic (exact) mass is 478 g/mol. The Morgan fingerprint density at radius 2 is 1.61 bits per heavy atom. The van der Waals surface area contributed by atoms with Crippen LogP contribution in [0.25, 0.3) is 0 Å². The van der Waals surface area contributed by atoms with Gasteiger partial charge in [0, 0.05) is 26.2 Å². The van der Waals surface area contributed by atoms with E-state index in [1.807, 2.05) is 0 Å². The van der Waals surface area contributed by atoms with Crippen LogP contribution in [0.3, 0.4) is 0 Å². The summed E-state index contributed by atoms with van der Waals surface area (Å²) in [7, 11) is -3.70. The molecule has 11 heteroatoms. The molecule has 2 aromatic carbocycles. The second-order valence-corrected chi connectivity index (χ2v) is 9.61. The predicted octanol–water partition coefficient (Wildman–Crippen LogP) is 1.73. The minimum absolute atomic E-state index is 0.0846. The summed E-state index contributed by atoms with van der Waals surface area (Å²) in [5.41, 5.74) is 1.37. The summed E-state index contributed by atoms with van der Waals surface area (Å²) in [4.78, 5) is 14.7. The first kappa shape index (κ1) is 23.4. The molecule has 0 radical (unpaired) electrons. The number of sulfonamides is 1. The highest BCUT2D eigenvalue weighted by atomic mass is 32.2. The number of para-hydroxylation sites is 1. The van der Waals surface area contributed by atoms with Gasteiger partial charge in [-0.15, -0.1) is 0 Å². The fourth-order valence-corrected chi connectivity index (χ4v) is 5.20. The number of morpholine rings is 2. The van der Waals surface area contributed by atoms with Crippen LogP contribution in [0, 0.1) is 5.82 Å². The van der Waals surface area contributed by atoms with Crippen molar-refractivity contribution in [3.63, 3.8) is 0 Å². The molecule has 9 nitrogen and oxygen atoms in total. The van der Waals surface area contributed by atoms with Crippen molar-refractivity contribution in [2.24, 2.45) is 0 Å². The summed E-state index contributed by atoms with van der Waals surface area (Å²) in [6.07, 6.45) is 0. The summed E-state index contributed by atoms with van der Waals surface area (Å²) in [5, 5.41) is 5.57. The lowest BCUT2D eigenvalue weighted by Gasteiger charge is -2.31. The third-order valence-corrected chi connectivity index (χ3v) is 7.41. The van der Waals surface area contributed by atoms with Crippen LogP contribution in [0.5, 0.6) is 0 Å².